The molecule has 0 unspecified atom stereocenters. The van der Waals surface area contributed by atoms with Crippen LogP contribution in [0.5, 0.6) is 0 Å². The van der Waals surface area contributed by atoms with Crippen molar-refractivity contribution in [2.24, 2.45) is 0 Å². The Hall–Kier alpha value is -1.81. The molecule has 0 amide bonds. The van der Waals surface area contributed by atoms with Crippen molar-refractivity contribution >= 4 is 5.69 Å². The van der Waals surface area contributed by atoms with Crippen LogP contribution < -0.4 is 10.2 Å². The van der Waals surface area contributed by atoms with Crippen molar-refractivity contribution in [2.45, 2.75) is 26.4 Å². The summed E-state index contributed by atoms with van der Waals surface area (Å²) in [5.41, 5.74) is 1.99. The molecule has 2 aromatic rings. The Morgan fingerprint density at radius 1 is 1.30 bits per heavy atom. The second kappa shape index (κ2) is 7.10. The molecule has 0 saturated heterocycles. The van der Waals surface area contributed by atoms with Gasteiger partial charge in [-0.15, -0.1) is 0 Å². The van der Waals surface area contributed by atoms with Crippen LogP contribution in [0, 0.1) is 5.82 Å². The van der Waals surface area contributed by atoms with Crippen molar-refractivity contribution in [3.63, 3.8) is 0 Å². The molecule has 4 heteroatoms. The van der Waals surface area contributed by atoms with E-state index in [1.807, 2.05) is 25.2 Å². The number of furan rings is 1. The summed E-state index contributed by atoms with van der Waals surface area (Å²) in [6.45, 7) is 4.38. The number of rotatable bonds is 7. The Kier molecular flexibility index (Phi) is 5.18. The second-order valence-corrected chi connectivity index (χ2v) is 4.89. The predicted molar refractivity (Wildman–Crippen MR) is 79.2 cm³/mol. The molecule has 1 heterocycles. The van der Waals surface area contributed by atoms with E-state index in [2.05, 4.69) is 17.1 Å². The molecule has 3 nitrogen and oxygen atoms in total. The highest BCUT2D eigenvalue weighted by Gasteiger charge is 2.10. The maximum atomic E-state index is 13.4. The number of nitrogens with zero attached hydrogens (tertiary/aromatic N) is 1. The maximum absolute atomic E-state index is 13.4. The van der Waals surface area contributed by atoms with E-state index in [4.69, 9.17) is 4.42 Å². The van der Waals surface area contributed by atoms with E-state index in [1.165, 1.54) is 6.07 Å². The minimum absolute atomic E-state index is 0.201. The summed E-state index contributed by atoms with van der Waals surface area (Å²) in [7, 11) is 1.99. The zero-order chi connectivity index (χ0) is 14.4. The molecule has 0 bridgehead atoms. The predicted octanol–water partition coefficient (Wildman–Crippen LogP) is 3.55. The molecule has 1 aromatic carbocycles. The van der Waals surface area contributed by atoms with Crippen molar-refractivity contribution in [3.8, 4) is 0 Å². The second-order valence-electron chi connectivity index (χ2n) is 4.89. The van der Waals surface area contributed by atoms with Crippen molar-refractivity contribution < 1.29 is 8.81 Å². The Bertz CT molecular complexity index is 525. The van der Waals surface area contributed by atoms with Crippen LogP contribution in [-0.2, 0) is 13.1 Å². The third-order valence-electron chi connectivity index (χ3n) is 3.17. The van der Waals surface area contributed by atoms with Gasteiger partial charge in [0.15, 0.2) is 0 Å². The summed E-state index contributed by atoms with van der Waals surface area (Å²) < 4.78 is 18.8. The number of hydrogen-bond acceptors (Lipinski definition) is 3. The van der Waals surface area contributed by atoms with Crippen LogP contribution in [0.25, 0.3) is 0 Å². The Morgan fingerprint density at radius 3 is 2.85 bits per heavy atom. The van der Waals surface area contributed by atoms with Crippen LogP contribution in [0.15, 0.2) is 41.0 Å². The van der Waals surface area contributed by atoms with Gasteiger partial charge in [0.25, 0.3) is 0 Å². The van der Waals surface area contributed by atoms with Gasteiger partial charge in [-0.2, -0.15) is 0 Å². The van der Waals surface area contributed by atoms with E-state index in [9.17, 15) is 4.39 Å². The van der Waals surface area contributed by atoms with Gasteiger partial charge in [-0.25, -0.2) is 4.39 Å². The number of benzene rings is 1. The van der Waals surface area contributed by atoms with Gasteiger partial charge in [0.2, 0.25) is 0 Å². The highest BCUT2D eigenvalue weighted by atomic mass is 19.1. The SMILES string of the molecule is CCCNCc1cc(F)ccc1N(C)Cc1ccco1. The number of anilines is 1. The molecular formula is C16H21FN2O. The molecule has 0 aliphatic rings. The summed E-state index contributed by atoms with van der Waals surface area (Å²) in [4.78, 5) is 2.07. The quantitative estimate of drug-likeness (QED) is 0.784. The monoisotopic (exact) mass is 276 g/mol. The van der Waals surface area contributed by atoms with Gasteiger partial charge in [0, 0.05) is 19.3 Å². The summed E-state index contributed by atoms with van der Waals surface area (Å²) in [6.07, 6.45) is 2.73. The maximum Gasteiger partial charge on any atom is 0.123 e. The van der Waals surface area contributed by atoms with Crippen molar-refractivity contribution in [2.75, 3.05) is 18.5 Å². The standard InChI is InChI=1S/C16H21FN2O/c1-3-8-18-11-13-10-14(17)6-7-16(13)19(2)12-15-5-4-9-20-15/h4-7,9-10,18H,3,8,11-12H2,1-2H3. The molecule has 0 spiro atoms. The van der Waals surface area contributed by atoms with Crippen molar-refractivity contribution in [1.82, 2.24) is 5.32 Å². The van der Waals surface area contributed by atoms with Crippen LogP contribution in [0.2, 0.25) is 0 Å². The molecular weight excluding hydrogens is 255 g/mol. The van der Waals surface area contributed by atoms with E-state index in [0.29, 0.717) is 13.1 Å². The molecule has 0 saturated carbocycles. The molecule has 1 aromatic heterocycles. The number of halogens is 1. The van der Waals surface area contributed by atoms with E-state index < -0.39 is 0 Å². The molecule has 0 fully saturated rings. The first-order valence-corrected chi connectivity index (χ1v) is 6.93. The van der Waals surface area contributed by atoms with Gasteiger partial charge in [-0.3, -0.25) is 0 Å². The first kappa shape index (κ1) is 14.6. The van der Waals surface area contributed by atoms with Gasteiger partial charge < -0.3 is 14.6 Å². The van der Waals surface area contributed by atoms with Gasteiger partial charge in [0.05, 0.1) is 12.8 Å². The summed E-state index contributed by atoms with van der Waals surface area (Å²) in [6, 6.07) is 8.72. The van der Waals surface area contributed by atoms with Crippen LogP contribution >= 0.6 is 0 Å². The van der Waals surface area contributed by atoms with Gasteiger partial charge in [0.1, 0.15) is 11.6 Å². The normalized spacial score (nSPS) is 10.8. The third kappa shape index (κ3) is 3.84. The molecule has 0 atom stereocenters. The summed E-state index contributed by atoms with van der Waals surface area (Å²) >= 11 is 0. The van der Waals surface area contributed by atoms with E-state index in [0.717, 1.165) is 30.0 Å². The van der Waals surface area contributed by atoms with Gasteiger partial charge >= 0.3 is 0 Å². The van der Waals surface area contributed by atoms with E-state index in [1.54, 1.807) is 12.3 Å². The lowest BCUT2D eigenvalue weighted by molar-refractivity contribution is 0.507. The Morgan fingerprint density at radius 2 is 2.15 bits per heavy atom. The molecule has 108 valence electrons. The highest BCUT2D eigenvalue weighted by molar-refractivity contribution is 5.53. The molecule has 0 radical (unpaired) electrons. The number of nitrogens with one attached hydrogen (secondary N) is 1. The van der Waals surface area contributed by atoms with Gasteiger partial charge in [-0.05, 0) is 48.9 Å². The van der Waals surface area contributed by atoms with E-state index >= 15 is 0 Å². The smallest absolute Gasteiger partial charge is 0.123 e. The molecule has 20 heavy (non-hydrogen) atoms. The first-order chi connectivity index (χ1) is 9.70. The lowest BCUT2D eigenvalue weighted by Crippen LogP contribution is -2.21. The Balaban J connectivity index is 2.12. The fourth-order valence-electron chi connectivity index (χ4n) is 2.19. The minimum atomic E-state index is -0.201. The fourth-order valence-corrected chi connectivity index (χ4v) is 2.19. The lowest BCUT2D eigenvalue weighted by Gasteiger charge is -2.22. The molecule has 1 N–H and O–H groups in total. The van der Waals surface area contributed by atoms with Gasteiger partial charge in [-0.1, -0.05) is 6.92 Å². The van der Waals surface area contributed by atoms with Crippen LogP contribution in [0.1, 0.15) is 24.7 Å². The van der Waals surface area contributed by atoms with Crippen molar-refractivity contribution in [3.05, 3.63) is 53.7 Å². The van der Waals surface area contributed by atoms with Crippen LogP contribution in [-0.4, -0.2) is 13.6 Å². The van der Waals surface area contributed by atoms with E-state index in [-0.39, 0.29) is 5.82 Å². The first-order valence-electron chi connectivity index (χ1n) is 6.93. The van der Waals surface area contributed by atoms with Crippen molar-refractivity contribution in [1.29, 1.82) is 0 Å². The summed E-state index contributed by atoms with van der Waals surface area (Å²) in [5, 5.41) is 3.32. The zero-order valence-corrected chi connectivity index (χ0v) is 12.0. The minimum Gasteiger partial charge on any atom is -0.467 e. The average Bonchev–Trinajstić information content (AvgIpc) is 2.92. The third-order valence-corrected chi connectivity index (χ3v) is 3.17. The zero-order valence-electron chi connectivity index (χ0n) is 12.0. The van der Waals surface area contributed by atoms with Crippen LogP contribution in [0.4, 0.5) is 10.1 Å². The fraction of sp³-hybridized carbons (Fsp3) is 0.375. The topological polar surface area (TPSA) is 28.4 Å². The molecule has 0 aliphatic carbocycles. The molecule has 2 rings (SSSR count). The van der Waals surface area contributed by atoms with Crippen LogP contribution in [0.3, 0.4) is 0 Å². The number of hydrogen-bond donors (Lipinski definition) is 1. The summed E-state index contributed by atoms with van der Waals surface area (Å²) in [5.74, 6) is 0.692. The lowest BCUT2D eigenvalue weighted by atomic mass is 10.1. The molecule has 0 aliphatic heterocycles. The highest BCUT2D eigenvalue weighted by Crippen LogP contribution is 2.22. The Labute approximate surface area is 119 Å². The average molecular weight is 276 g/mol. The largest absolute Gasteiger partial charge is 0.467 e.